The maximum absolute atomic E-state index is 12.7. The zero-order valence-corrected chi connectivity index (χ0v) is 15.4. The van der Waals surface area contributed by atoms with Crippen molar-refractivity contribution >= 4 is 17.3 Å². The predicted molar refractivity (Wildman–Crippen MR) is 99.2 cm³/mol. The maximum atomic E-state index is 12.7. The van der Waals surface area contributed by atoms with Crippen molar-refractivity contribution < 1.29 is 19.1 Å². The van der Waals surface area contributed by atoms with Crippen LogP contribution in [-0.4, -0.2) is 53.7 Å². The molecule has 1 amide bonds. The third-order valence-electron chi connectivity index (χ3n) is 4.06. The lowest BCUT2D eigenvalue weighted by molar-refractivity contribution is 0.102. The van der Waals surface area contributed by atoms with Gasteiger partial charge >= 0.3 is 0 Å². The Bertz CT molecular complexity index is 801. The molecule has 0 aliphatic heterocycles. The summed E-state index contributed by atoms with van der Waals surface area (Å²) in [6.07, 6.45) is 4.05. The molecule has 2 heterocycles. The largest absolute Gasteiger partial charge is 0.475 e. The summed E-state index contributed by atoms with van der Waals surface area (Å²) in [6.45, 7) is 3.51. The van der Waals surface area contributed by atoms with Crippen molar-refractivity contribution in [3.05, 3.63) is 35.3 Å². The van der Waals surface area contributed by atoms with E-state index in [1.54, 1.807) is 12.1 Å². The van der Waals surface area contributed by atoms with Crippen molar-refractivity contribution in [2.75, 3.05) is 32.2 Å². The molecule has 0 unspecified atom stereocenters. The number of anilines is 1. The van der Waals surface area contributed by atoms with E-state index in [-0.39, 0.29) is 5.91 Å². The molecule has 27 heavy (non-hydrogen) atoms. The molecule has 0 saturated carbocycles. The van der Waals surface area contributed by atoms with Crippen LogP contribution in [0.5, 0.6) is 5.88 Å². The van der Waals surface area contributed by atoms with Crippen LogP contribution in [0.3, 0.4) is 0 Å². The van der Waals surface area contributed by atoms with Gasteiger partial charge in [0.1, 0.15) is 13.7 Å². The first-order valence-electron chi connectivity index (χ1n) is 8.88. The third kappa shape index (κ3) is 4.62. The molecule has 0 saturated heterocycles. The first-order chi connectivity index (χ1) is 13.2. The first-order valence-corrected chi connectivity index (χ1v) is 8.88. The van der Waals surface area contributed by atoms with Crippen molar-refractivity contribution in [1.82, 2.24) is 15.2 Å². The minimum absolute atomic E-state index is 0.303. The molecular weight excluding hydrogens is 350 g/mol. The lowest BCUT2D eigenvalue weighted by atomic mass is 9.93. The summed E-state index contributed by atoms with van der Waals surface area (Å²) < 4.78 is 10.7. The lowest BCUT2D eigenvalue weighted by Gasteiger charge is -2.13. The number of carbonyl (C=O) groups is 1. The highest BCUT2D eigenvalue weighted by Crippen LogP contribution is 2.24. The Morgan fingerprint density at radius 2 is 2.22 bits per heavy atom. The van der Waals surface area contributed by atoms with Crippen molar-refractivity contribution in [1.29, 1.82) is 0 Å². The van der Waals surface area contributed by atoms with E-state index < -0.39 is 0 Å². The number of carbonyl (C=O) groups excluding carboxylic acids is 1. The second kappa shape index (κ2) is 9.13. The van der Waals surface area contributed by atoms with Gasteiger partial charge in [0, 0.05) is 18.4 Å². The van der Waals surface area contributed by atoms with Gasteiger partial charge < -0.3 is 19.6 Å². The minimum Gasteiger partial charge on any atom is -0.475 e. The minimum atomic E-state index is -0.329. The number of fused-ring (bicyclic) bond motifs is 1. The summed E-state index contributed by atoms with van der Waals surface area (Å²) in [5, 5.41) is 13.9. The fraction of sp³-hybridized carbons (Fsp3) is 0.444. The molecule has 0 spiro atoms. The molecule has 9 heteroatoms. The monoisotopic (exact) mass is 373 g/mol. The van der Waals surface area contributed by atoms with Crippen LogP contribution in [0, 0.1) is 0 Å². The number of amides is 1. The Morgan fingerprint density at radius 3 is 2.96 bits per heavy atom. The Kier molecular flexibility index (Phi) is 6.37. The molecule has 1 aliphatic carbocycles. The number of hydrogen-bond acceptors (Lipinski definition) is 7. The first kappa shape index (κ1) is 18.8. The average molecular weight is 373 g/mol. The van der Waals surface area contributed by atoms with Gasteiger partial charge in [-0.15, -0.1) is 0 Å². The van der Waals surface area contributed by atoms with Gasteiger partial charge in [-0.25, -0.2) is 4.98 Å². The number of rotatable bonds is 8. The van der Waals surface area contributed by atoms with Crippen LogP contribution >= 0.6 is 0 Å². The fourth-order valence-electron chi connectivity index (χ4n) is 2.87. The van der Waals surface area contributed by atoms with Crippen LogP contribution < -0.4 is 10.1 Å². The summed E-state index contributed by atoms with van der Waals surface area (Å²) in [5.74, 6) is 0.143. The maximum Gasteiger partial charge on any atom is 0.276 e. The molecule has 0 aromatic carbocycles. The van der Waals surface area contributed by atoms with E-state index in [1.807, 2.05) is 6.92 Å². The van der Waals surface area contributed by atoms with Crippen LogP contribution in [0.1, 0.15) is 41.5 Å². The number of nitrogens with zero attached hydrogens (tertiary/aromatic N) is 3. The number of aromatic nitrogens is 3. The molecule has 3 rings (SSSR count). The standard InChI is InChI=1S/C18H23N5O4/c1-3-26-9-10-27-15-8-7-12(11-19-15)20-18(24)17-16-13(21-22-17)5-4-6-14(16)23-25-2/h7-8,11H,3-6,9-10H2,1-2H3,(H,20,24)(H,21,22)/b23-14+. The average Bonchev–Trinajstić information content (AvgIpc) is 3.12. The van der Waals surface area contributed by atoms with Gasteiger partial charge in [0.05, 0.1) is 29.8 Å². The topological polar surface area (TPSA) is 111 Å². The van der Waals surface area contributed by atoms with Crippen LogP contribution in [0.4, 0.5) is 5.69 Å². The second-order valence-corrected chi connectivity index (χ2v) is 5.88. The Balaban J connectivity index is 1.66. The molecule has 2 aromatic rings. The normalized spacial score (nSPS) is 14.7. The van der Waals surface area contributed by atoms with E-state index in [1.165, 1.54) is 13.3 Å². The van der Waals surface area contributed by atoms with E-state index in [0.29, 0.717) is 37.1 Å². The molecule has 0 fully saturated rings. The third-order valence-corrected chi connectivity index (χ3v) is 4.06. The van der Waals surface area contributed by atoms with Crippen molar-refractivity contribution in [2.45, 2.75) is 26.2 Å². The highest BCUT2D eigenvalue weighted by atomic mass is 16.6. The Morgan fingerprint density at radius 1 is 1.33 bits per heavy atom. The molecule has 2 aromatic heterocycles. The predicted octanol–water partition coefficient (Wildman–Crippen LogP) is 2.16. The van der Waals surface area contributed by atoms with Gasteiger partial charge in [0.2, 0.25) is 5.88 Å². The van der Waals surface area contributed by atoms with Crippen molar-refractivity contribution in [3.63, 3.8) is 0 Å². The van der Waals surface area contributed by atoms with Gasteiger partial charge in [-0.2, -0.15) is 5.10 Å². The van der Waals surface area contributed by atoms with Crippen LogP contribution in [0.2, 0.25) is 0 Å². The summed E-state index contributed by atoms with van der Waals surface area (Å²) in [6, 6.07) is 3.42. The van der Waals surface area contributed by atoms with Crippen LogP contribution in [0.15, 0.2) is 23.5 Å². The number of pyridine rings is 1. The number of hydrogen-bond donors (Lipinski definition) is 2. The van der Waals surface area contributed by atoms with Crippen LogP contribution in [-0.2, 0) is 16.0 Å². The quantitative estimate of drug-likeness (QED) is 0.542. The number of nitrogens with one attached hydrogen (secondary N) is 2. The van der Waals surface area contributed by atoms with Gasteiger partial charge in [0.25, 0.3) is 5.91 Å². The van der Waals surface area contributed by atoms with Crippen molar-refractivity contribution in [3.8, 4) is 5.88 Å². The second-order valence-electron chi connectivity index (χ2n) is 5.88. The van der Waals surface area contributed by atoms with Crippen molar-refractivity contribution in [2.24, 2.45) is 5.16 Å². The van der Waals surface area contributed by atoms with Gasteiger partial charge in [-0.05, 0) is 32.3 Å². The number of ether oxygens (including phenoxy) is 2. The molecule has 2 N–H and O–H groups in total. The number of aromatic amines is 1. The number of aryl methyl sites for hydroxylation is 1. The summed E-state index contributed by atoms with van der Waals surface area (Å²) in [4.78, 5) is 21.7. The Hall–Kier alpha value is -2.94. The zero-order valence-electron chi connectivity index (χ0n) is 15.4. The molecule has 1 aliphatic rings. The number of oxime groups is 1. The van der Waals surface area contributed by atoms with Gasteiger partial charge in [-0.1, -0.05) is 5.16 Å². The molecule has 0 bridgehead atoms. The van der Waals surface area contributed by atoms with E-state index in [9.17, 15) is 4.79 Å². The van der Waals surface area contributed by atoms with Gasteiger partial charge in [-0.3, -0.25) is 9.89 Å². The summed E-state index contributed by atoms with van der Waals surface area (Å²) >= 11 is 0. The number of H-pyrrole nitrogens is 1. The molecule has 0 atom stereocenters. The molecule has 0 radical (unpaired) electrons. The van der Waals surface area contributed by atoms with E-state index in [2.05, 4.69) is 25.7 Å². The summed E-state index contributed by atoms with van der Waals surface area (Å²) in [7, 11) is 1.49. The highest BCUT2D eigenvalue weighted by Gasteiger charge is 2.27. The highest BCUT2D eigenvalue weighted by molar-refractivity contribution is 6.13. The van der Waals surface area contributed by atoms with E-state index in [0.717, 1.165) is 36.2 Å². The van der Waals surface area contributed by atoms with Gasteiger partial charge in [0.15, 0.2) is 5.69 Å². The van der Waals surface area contributed by atoms with E-state index in [4.69, 9.17) is 14.3 Å². The molecular formula is C18H23N5O4. The van der Waals surface area contributed by atoms with E-state index >= 15 is 0 Å². The molecule has 9 nitrogen and oxygen atoms in total. The zero-order chi connectivity index (χ0) is 19.1. The lowest BCUT2D eigenvalue weighted by Crippen LogP contribution is -2.19. The van der Waals surface area contributed by atoms with Crippen LogP contribution in [0.25, 0.3) is 0 Å². The summed E-state index contributed by atoms with van der Waals surface area (Å²) in [5.41, 5.74) is 3.21. The SMILES string of the molecule is CCOCCOc1ccc(NC(=O)c2n[nH]c3c2/C(=N/OC)CCC3)cn1. The fourth-order valence-corrected chi connectivity index (χ4v) is 2.87. The smallest absolute Gasteiger partial charge is 0.276 e. The molecule has 144 valence electrons. The Labute approximate surface area is 157 Å².